The van der Waals surface area contributed by atoms with E-state index in [1.54, 1.807) is 12.1 Å². The number of rotatable bonds is 5. The fourth-order valence-electron chi connectivity index (χ4n) is 4.43. The molecule has 0 aliphatic carbocycles. The van der Waals surface area contributed by atoms with Crippen LogP contribution in [0.15, 0.2) is 24.5 Å². The van der Waals surface area contributed by atoms with Gasteiger partial charge in [0.05, 0.1) is 30.7 Å². The first-order chi connectivity index (χ1) is 16.3. The summed E-state index contributed by atoms with van der Waals surface area (Å²) in [5.74, 6) is -1.04. The van der Waals surface area contributed by atoms with E-state index in [-0.39, 0.29) is 18.0 Å². The fourth-order valence-corrected chi connectivity index (χ4v) is 4.43. The van der Waals surface area contributed by atoms with E-state index in [1.165, 1.54) is 17.3 Å². The number of anilines is 3. The van der Waals surface area contributed by atoms with Gasteiger partial charge in [0.25, 0.3) is 0 Å². The standard InChI is InChI=1S/C22H26N6O6/c1-22(2)33-12-15(34-22)11-32-14-5-6-17(23-8-14)25-21(31)28-13-4-3-7-27(10-13)16-9-24-18(20(29)30)26-19(16)28/h5-6,8-9,13,15H,3-4,7,10-12H2,1-2H3,(H,29,30)(H,23,25,31)/t13-,15?/m0/s1. The number of carbonyl (C=O) groups is 2. The van der Waals surface area contributed by atoms with Crippen LogP contribution in [0.25, 0.3) is 0 Å². The number of aromatic nitrogens is 3. The highest BCUT2D eigenvalue weighted by Crippen LogP contribution is 2.37. The van der Waals surface area contributed by atoms with Gasteiger partial charge in [-0.3, -0.25) is 10.2 Å². The minimum Gasteiger partial charge on any atom is -0.489 e. The number of nitrogens with one attached hydrogen (secondary N) is 1. The molecule has 3 aliphatic rings. The Morgan fingerprint density at radius 1 is 1.29 bits per heavy atom. The highest BCUT2D eigenvalue weighted by molar-refractivity contribution is 6.04. The average molecular weight is 470 g/mol. The first kappa shape index (κ1) is 22.3. The smallest absolute Gasteiger partial charge is 0.374 e. The lowest BCUT2D eigenvalue weighted by Crippen LogP contribution is -2.56. The van der Waals surface area contributed by atoms with E-state index >= 15 is 0 Å². The van der Waals surface area contributed by atoms with Crippen LogP contribution in [0.2, 0.25) is 0 Å². The molecule has 0 saturated carbocycles. The molecule has 34 heavy (non-hydrogen) atoms. The predicted molar refractivity (Wildman–Crippen MR) is 120 cm³/mol. The summed E-state index contributed by atoms with van der Waals surface area (Å²) in [6.07, 6.45) is 4.53. The topological polar surface area (TPSA) is 139 Å². The van der Waals surface area contributed by atoms with Crippen LogP contribution in [0.1, 0.15) is 37.3 Å². The minimum absolute atomic E-state index is 0.127. The Balaban J connectivity index is 1.28. The molecule has 3 aliphatic heterocycles. The summed E-state index contributed by atoms with van der Waals surface area (Å²) < 4.78 is 17.0. The number of amides is 2. The van der Waals surface area contributed by atoms with Gasteiger partial charge in [0.2, 0.25) is 5.82 Å². The number of piperidine rings is 1. The quantitative estimate of drug-likeness (QED) is 0.668. The molecule has 5 rings (SSSR count). The first-order valence-electron chi connectivity index (χ1n) is 11.2. The lowest BCUT2D eigenvalue weighted by molar-refractivity contribution is -0.141. The van der Waals surface area contributed by atoms with Gasteiger partial charge in [0.15, 0.2) is 11.6 Å². The highest BCUT2D eigenvalue weighted by atomic mass is 16.7. The SMILES string of the molecule is CC1(C)OCC(COc2ccc(NC(=O)N3c4nc(C(=O)O)ncc4N4CCC[C@H]3C4)nc2)O1. The van der Waals surface area contributed by atoms with Crippen molar-refractivity contribution in [2.75, 3.05) is 41.4 Å². The normalized spacial score (nSPS) is 22.8. The fraction of sp³-hybridized carbons (Fsp3) is 0.500. The molecule has 0 spiro atoms. The van der Waals surface area contributed by atoms with E-state index in [9.17, 15) is 14.7 Å². The minimum atomic E-state index is -1.25. The number of hydrogen-bond acceptors (Lipinski definition) is 9. The Labute approximate surface area is 195 Å². The van der Waals surface area contributed by atoms with Crippen molar-refractivity contribution in [2.45, 2.75) is 44.6 Å². The molecule has 0 aromatic carbocycles. The average Bonchev–Trinajstić information content (AvgIpc) is 3.17. The number of carbonyl (C=O) groups excluding carboxylic acids is 1. The molecular weight excluding hydrogens is 444 g/mol. The largest absolute Gasteiger partial charge is 0.489 e. The number of fused-ring (bicyclic) bond motifs is 4. The van der Waals surface area contributed by atoms with Crippen molar-refractivity contribution in [2.24, 2.45) is 0 Å². The molecule has 12 heteroatoms. The van der Waals surface area contributed by atoms with Crippen LogP contribution < -0.4 is 19.9 Å². The molecule has 2 atom stereocenters. The number of aromatic carboxylic acids is 1. The van der Waals surface area contributed by atoms with Gasteiger partial charge < -0.3 is 24.2 Å². The summed E-state index contributed by atoms with van der Waals surface area (Å²) in [7, 11) is 0. The van der Waals surface area contributed by atoms with Crippen LogP contribution in [0.4, 0.5) is 22.1 Å². The number of nitrogens with zero attached hydrogens (tertiary/aromatic N) is 5. The van der Waals surface area contributed by atoms with Gasteiger partial charge in [0.1, 0.15) is 24.3 Å². The Bertz CT molecular complexity index is 1090. The highest BCUT2D eigenvalue weighted by Gasteiger charge is 2.39. The van der Waals surface area contributed by atoms with Gasteiger partial charge in [-0.2, -0.15) is 0 Å². The number of urea groups is 1. The van der Waals surface area contributed by atoms with Gasteiger partial charge in [-0.25, -0.2) is 24.5 Å². The molecular formula is C22H26N6O6. The van der Waals surface area contributed by atoms with Crippen molar-refractivity contribution in [3.8, 4) is 5.75 Å². The Hall–Kier alpha value is -3.51. The molecule has 2 bridgehead atoms. The maximum atomic E-state index is 13.2. The van der Waals surface area contributed by atoms with E-state index in [0.717, 1.165) is 19.4 Å². The van der Waals surface area contributed by atoms with Gasteiger partial charge in [0, 0.05) is 13.1 Å². The summed E-state index contributed by atoms with van der Waals surface area (Å²) in [5.41, 5.74) is 0.647. The molecule has 12 nitrogen and oxygen atoms in total. The molecule has 2 aromatic heterocycles. The van der Waals surface area contributed by atoms with Crippen LogP contribution in [0.5, 0.6) is 5.75 Å². The van der Waals surface area contributed by atoms with Crippen molar-refractivity contribution in [3.63, 3.8) is 0 Å². The van der Waals surface area contributed by atoms with Crippen molar-refractivity contribution >= 4 is 29.3 Å². The van der Waals surface area contributed by atoms with E-state index < -0.39 is 17.8 Å². The first-order valence-corrected chi connectivity index (χ1v) is 11.2. The van der Waals surface area contributed by atoms with E-state index in [2.05, 4.69) is 25.2 Å². The molecule has 2 N–H and O–H groups in total. The van der Waals surface area contributed by atoms with Crippen molar-refractivity contribution in [1.29, 1.82) is 0 Å². The molecule has 5 heterocycles. The maximum absolute atomic E-state index is 13.2. The second-order valence-electron chi connectivity index (χ2n) is 8.89. The van der Waals surface area contributed by atoms with E-state index in [1.807, 2.05) is 13.8 Å². The van der Waals surface area contributed by atoms with Crippen molar-refractivity contribution in [3.05, 3.63) is 30.4 Å². The molecule has 2 amide bonds. The van der Waals surface area contributed by atoms with Crippen molar-refractivity contribution < 1.29 is 28.9 Å². The third-order valence-electron chi connectivity index (χ3n) is 5.97. The number of carboxylic acid groups (broad SMARTS) is 1. The summed E-state index contributed by atoms with van der Waals surface area (Å²) in [4.78, 5) is 40.6. The summed E-state index contributed by atoms with van der Waals surface area (Å²) in [5, 5.41) is 12.1. The van der Waals surface area contributed by atoms with Crippen LogP contribution in [0, 0.1) is 0 Å². The van der Waals surface area contributed by atoms with E-state index in [0.29, 0.717) is 42.8 Å². The summed E-state index contributed by atoms with van der Waals surface area (Å²) >= 11 is 0. The monoisotopic (exact) mass is 470 g/mol. The van der Waals surface area contributed by atoms with Gasteiger partial charge in [-0.15, -0.1) is 0 Å². The Kier molecular flexibility index (Phi) is 5.70. The van der Waals surface area contributed by atoms with Crippen LogP contribution >= 0.6 is 0 Å². The lowest BCUT2D eigenvalue weighted by atomic mass is 10.0. The third kappa shape index (κ3) is 4.46. The zero-order valence-corrected chi connectivity index (χ0v) is 18.9. The Morgan fingerprint density at radius 3 is 2.85 bits per heavy atom. The number of carboxylic acids is 1. The second-order valence-corrected chi connectivity index (χ2v) is 8.89. The van der Waals surface area contributed by atoms with Crippen LogP contribution in [-0.2, 0) is 9.47 Å². The molecule has 180 valence electrons. The van der Waals surface area contributed by atoms with E-state index in [4.69, 9.17) is 14.2 Å². The number of pyridine rings is 1. The van der Waals surface area contributed by atoms with Crippen LogP contribution in [-0.4, -0.2) is 76.3 Å². The zero-order chi connectivity index (χ0) is 23.9. The molecule has 2 saturated heterocycles. The summed E-state index contributed by atoms with van der Waals surface area (Å²) in [6, 6.07) is 2.80. The number of hydrogen-bond donors (Lipinski definition) is 2. The van der Waals surface area contributed by atoms with Crippen LogP contribution in [0.3, 0.4) is 0 Å². The summed E-state index contributed by atoms with van der Waals surface area (Å²) in [6.45, 7) is 5.94. The van der Waals surface area contributed by atoms with Crippen molar-refractivity contribution in [1.82, 2.24) is 15.0 Å². The van der Waals surface area contributed by atoms with Gasteiger partial charge in [-0.1, -0.05) is 0 Å². The predicted octanol–water partition coefficient (Wildman–Crippen LogP) is 2.12. The molecule has 1 unspecified atom stereocenters. The van der Waals surface area contributed by atoms with Gasteiger partial charge >= 0.3 is 12.0 Å². The maximum Gasteiger partial charge on any atom is 0.374 e. The zero-order valence-electron chi connectivity index (χ0n) is 18.9. The molecule has 2 aromatic rings. The molecule has 0 radical (unpaired) electrons. The lowest BCUT2D eigenvalue weighted by Gasteiger charge is -2.45. The Morgan fingerprint density at radius 2 is 2.15 bits per heavy atom. The van der Waals surface area contributed by atoms with Gasteiger partial charge in [-0.05, 0) is 38.8 Å². The molecule has 2 fully saturated rings. The third-order valence-corrected chi connectivity index (χ3v) is 5.97. The number of ether oxygens (including phenoxy) is 3. The second kappa shape index (κ2) is 8.69.